The SMILES string of the molecule is CC(O)C(O)(c1ccccc1)[C@H](C)F. The van der Waals surface area contributed by atoms with E-state index in [1.54, 1.807) is 30.3 Å². The number of hydrogen-bond donors (Lipinski definition) is 2. The molecule has 0 heterocycles. The van der Waals surface area contributed by atoms with Crippen LogP contribution in [0.1, 0.15) is 19.4 Å². The molecule has 1 rings (SSSR count). The zero-order valence-corrected chi connectivity index (χ0v) is 8.31. The molecule has 2 nitrogen and oxygen atoms in total. The van der Waals surface area contributed by atoms with E-state index in [-0.39, 0.29) is 0 Å². The van der Waals surface area contributed by atoms with Gasteiger partial charge in [-0.25, -0.2) is 4.39 Å². The highest BCUT2D eigenvalue weighted by Gasteiger charge is 2.40. The second-order valence-electron chi connectivity index (χ2n) is 3.48. The van der Waals surface area contributed by atoms with Gasteiger partial charge < -0.3 is 10.2 Å². The molecule has 78 valence electrons. The van der Waals surface area contributed by atoms with E-state index in [1.165, 1.54) is 13.8 Å². The molecular weight excluding hydrogens is 183 g/mol. The summed E-state index contributed by atoms with van der Waals surface area (Å²) in [5.41, 5.74) is -1.42. The second kappa shape index (κ2) is 4.07. The van der Waals surface area contributed by atoms with Gasteiger partial charge in [0.1, 0.15) is 11.8 Å². The van der Waals surface area contributed by atoms with Crippen molar-refractivity contribution in [2.75, 3.05) is 0 Å². The first-order valence-electron chi connectivity index (χ1n) is 4.59. The maximum Gasteiger partial charge on any atom is 0.146 e. The quantitative estimate of drug-likeness (QED) is 0.774. The summed E-state index contributed by atoms with van der Waals surface area (Å²) < 4.78 is 13.3. The Kier molecular flexibility index (Phi) is 3.24. The molecule has 0 saturated heterocycles. The van der Waals surface area contributed by atoms with E-state index in [2.05, 4.69) is 0 Å². The van der Waals surface area contributed by atoms with Gasteiger partial charge in [-0.2, -0.15) is 0 Å². The van der Waals surface area contributed by atoms with E-state index >= 15 is 0 Å². The smallest absolute Gasteiger partial charge is 0.146 e. The summed E-state index contributed by atoms with van der Waals surface area (Å²) >= 11 is 0. The van der Waals surface area contributed by atoms with E-state index in [0.717, 1.165) is 0 Å². The number of benzene rings is 1. The minimum atomic E-state index is -1.82. The van der Waals surface area contributed by atoms with Gasteiger partial charge in [-0.1, -0.05) is 30.3 Å². The molecule has 0 saturated carbocycles. The van der Waals surface area contributed by atoms with E-state index < -0.39 is 17.9 Å². The first kappa shape index (κ1) is 11.1. The molecule has 0 bridgehead atoms. The van der Waals surface area contributed by atoms with Gasteiger partial charge in [0.2, 0.25) is 0 Å². The number of aliphatic hydroxyl groups is 2. The van der Waals surface area contributed by atoms with Crippen molar-refractivity contribution >= 4 is 0 Å². The number of aliphatic hydroxyl groups excluding tert-OH is 1. The summed E-state index contributed by atoms with van der Waals surface area (Å²) in [6, 6.07) is 8.37. The fraction of sp³-hybridized carbons (Fsp3) is 0.455. The predicted molar refractivity (Wildman–Crippen MR) is 52.6 cm³/mol. The third kappa shape index (κ3) is 1.79. The van der Waals surface area contributed by atoms with Crippen LogP contribution in [0.4, 0.5) is 4.39 Å². The van der Waals surface area contributed by atoms with Crippen LogP contribution in [0.25, 0.3) is 0 Å². The van der Waals surface area contributed by atoms with E-state index in [0.29, 0.717) is 5.56 Å². The Morgan fingerprint density at radius 1 is 1.21 bits per heavy atom. The summed E-state index contributed by atoms with van der Waals surface area (Å²) in [6.45, 7) is 2.61. The first-order chi connectivity index (χ1) is 6.49. The Morgan fingerprint density at radius 3 is 2.07 bits per heavy atom. The van der Waals surface area contributed by atoms with Crippen LogP contribution in [-0.2, 0) is 5.60 Å². The van der Waals surface area contributed by atoms with E-state index in [9.17, 15) is 14.6 Å². The van der Waals surface area contributed by atoms with Crippen LogP contribution in [0.5, 0.6) is 0 Å². The highest BCUT2D eigenvalue weighted by Crippen LogP contribution is 2.30. The third-order valence-electron chi connectivity index (χ3n) is 2.48. The minimum Gasteiger partial charge on any atom is -0.390 e. The monoisotopic (exact) mass is 198 g/mol. The average Bonchev–Trinajstić information content (AvgIpc) is 2.17. The molecule has 14 heavy (non-hydrogen) atoms. The standard InChI is InChI=1S/C11H15FO2/c1-8(12)11(14,9(2)13)10-6-4-3-5-7-10/h3-9,13-14H,1-2H3/t8-,9?,11?/m0/s1. The molecule has 0 amide bonds. The van der Waals surface area contributed by atoms with Gasteiger partial charge in [0.05, 0.1) is 6.10 Å². The third-order valence-corrected chi connectivity index (χ3v) is 2.48. The van der Waals surface area contributed by atoms with Crippen molar-refractivity contribution in [1.82, 2.24) is 0 Å². The molecule has 0 aliphatic heterocycles. The molecule has 0 fully saturated rings. The number of hydrogen-bond acceptors (Lipinski definition) is 2. The van der Waals surface area contributed by atoms with Crippen LogP contribution >= 0.6 is 0 Å². The van der Waals surface area contributed by atoms with Gasteiger partial charge in [-0.15, -0.1) is 0 Å². The van der Waals surface area contributed by atoms with Crippen molar-refractivity contribution in [3.8, 4) is 0 Å². The van der Waals surface area contributed by atoms with Crippen LogP contribution in [0.15, 0.2) is 30.3 Å². The first-order valence-corrected chi connectivity index (χ1v) is 4.59. The van der Waals surface area contributed by atoms with Gasteiger partial charge in [0.15, 0.2) is 0 Å². The summed E-state index contributed by atoms with van der Waals surface area (Å²) in [6.07, 6.45) is -2.67. The van der Waals surface area contributed by atoms with Gasteiger partial charge in [0, 0.05) is 0 Å². The average molecular weight is 198 g/mol. The predicted octanol–water partition coefficient (Wildman–Crippen LogP) is 1.61. The van der Waals surface area contributed by atoms with Crippen molar-refractivity contribution in [2.45, 2.75) is 31.7 Å². The molecular formula is C11H15FO2. The lowest BCUT2D eigenvalue weighted by molar-refractivity contribution is -0.116. The van der Waals surface area contributed by atoms with Gasteiger partial charge in [-0.05, 0) is 19.4 Å². The Balaban J connectivity index is 3.13. The Bertz CT molecular complexity index is 275. The van der Waals surface area contributed by atoms with Crippen LogP contribution < -0.4 is 0 Å². The van der Waals surface area contributed by atoms with Crippen molar-refractivity contribution < 1.29 is 14.6 Å². The van der Waals surface area contributed by atoms with Crippen molar-refractivity contribution in [2.24, 2.45) is 0 Å². The fourth-order valence-corrected chi connectivity index (χ4v) is 1.51. The molecule has 0 radical (unpaired) electrons. The topological polar surface area (TPSA) is 40.5 Å². The summed E-state index contributed by atoms with van der Waals surface area (Å²) in [4.78, 5) is 0. The molecule has 2 unspecified atom stereocenters. The van der Waals surface area contributed by atoms with E-state index in [1.807, 2.05) is 0 Å². The van der Waals surface area contributed by atoms with E-state index in [4.69, 9.17) is 0 Å². The normalized spacial score (nSPS) is 19.8. The molecule has 3 heteroatoms. The van der Waals surface area contributed by atoms with Gasteiger partial charge in [-0.3, -0.25) is 0 Å². The molecule has 0 aromatic heterocycles. The highest BCUT2D eigenvalue weighted by atomic mass is 19.1. The number of halogens is 1. The number of alkyl halides is 1. The van der Waals surface area contributed by atoms with Crippen molar-refractivity contribution in [3.05, 3.63) is 35.9 Å². The zero-order chi connectivity index (χ0) is 10.8. The van der Waals surface area contributed by atoms with Crippen LogP contribution in [0, 0.1) is 0 Å². The molecule has 1 aromatic rings. The largest absolute Gasteiger partial charge is 0.390 e. The lowest BCUT2D eigenvalue weighted by Gasteiger charge is -2.32. The van der Waals surface area contributed by atoms with Crippen molar-refractivity contribution in [1.29, 1.82) is 0 Å². The maximum atomic E-state index is 13.3. The Hall–Kier alpha value is -0.930. The van der Waals surface area contributed by atoms with Crippen LogP contribution in [0.2, 0.25) is 0 Å². The summed E-state index contributed by atoms with van der Waals surface area (Å²) in [7, 11) is 0. The minimum absolute atomic E-state index is 0.394. The molecule has 0 aliphatic carbocycles. The van der Waals surface area contributed by atoms with Gasteiger partial charge in [0.25, 0.3) is 0 Å². The lowest BCUT2D eigenvalue weighted by Crippen LogP contribution is -2.44. The van der Waals surface area contributed by atoms with Gasteiger partial charge >= 0.3 is 0 Å². The molecule has 3 atom stereocenters. The summed E-state index contributed by atoms with van der Waals surface area (Å²) in [5.74, 6) is 0. The fourth-order valence-electron chi connectivity index (χ4n) is 1.51. The Labute approximate surface area is 83.0 Å². The van der Waals surface area contributed by atoms with Crippen LogP contribution in [0.3, 0.4) is 0 Å². The maximum absolute atomic E-state index is 13.3. The number of rotatable bonds is 3. The van der Waals surface area contributed by atoms with Crippen molar-refractivity contribution in [3.63, 3.8) is 0 Å². The lowest BCUT2D eigenvalue weighted by atomic mass is 9.85. The molecule has 0 spiro atoms. The zero-order valence-electron chi connectivity index (χ0n) is 8.31. The molecule has 0 aliphatic rings. The summed E-state index contributed by atoms with van der Waals surface area (Å²) in [5, 5.41) is 19.4. The Morgan fingerprint density at radius 2 is 1.71 bits per heavy atom. The molecule has 1 aromatic carbocycles. The van der Waals surface area contributed by atoms with Crippen LogP contribution in [-0.4, -0.2) is 22.5 Å². The molecule has 2 N–H and O–H groups in total. The second-order valence-corrected chi connectivity index (χ2v) is 3.48. The highest BCUT2D eigenvalue weighted by molar-refractivity contribution is 5.24.